The Balaban J connectivity index is 2.61. The second-order valence-corrected chi connectivity index (χ2v) is 5.54. The number of H-pyrrole nitrogens is 1. The third-order valence-corrected chi connectivity index (χ3v) is 3.02. The molecule has 0 unspecified atom stereocenters. The zero-order chi connectivity index (χ0) is 14.4. The Hall–Kier alpha value is -2.18. The summed E-state index contributed by atoms with van der Waals surface area (Å²) in [4.78, 5) is 41.4. The number of Topliss-reactive ketones (excluding diaryl/α,β-unsaturated/α-hetero) is 1. The maximum atomic E-state index is 12.0. The third kappa shape index (κ3) is 2.23. The summed E-state index contributed by atoms with van der Waals surface area (Å²) >= 11 is 0. The number of hydrogen-bond donors (Lipinski definition) is 1. The lowest BCUT2D eigenvalue weighted by molar-refractivity contribution is -0.126. The van der Waals surface area contributed by atoms with Gasteiger partial charge in [0, 0.05) is 12.5 Å². The quantitative estimate of drug-likeness (QED) is 0.829. The van der Waals surface area contributed by atoms with Crippen molar-refractivity contribution in [1.29, 1.82) is 0 Å². The molecule has 0 atom stereocenters. The van der Waals surface area contributed by atoms with Gasteiger partial charge in [0.1, 0.15) is 5.65 Å². The van der Waals surface area contributed by atoms with Crippen LogP contribution in [0.5, 0.6) is 0 Å². The molecule has 0 bridgehead atoms. The molecule has 19 heavy (non-hydrogen) atoms. The third-order valence-electron chi connectivity index (χ3n) is 3.02. The number of fused-ring (bicyclic) bond motifs is 1. The van der Waals surface area contributed by atoms with E-state index in [0.717, 1.165) is 0 Å². The highest BCUT2D eigenvalue weighted by atomic mass is 16.2. The van der Waals surface area contributed by atoms with E-state index in [2.05, 4.69) is 9.97 Å². The van der Waals surface area contributed by atoms with Crippen LogP contribution in [-0.2, 0) is 18.4 Å². The van der Waals surface area contributed by atoms with E-state index in [1.165, 1.54) is 22.5 Å². The summed E-state index contributed by atoms with van der Waals surface area (Å²) in [6, 6.07) is 0. The molecule has 2 rings (SSSR count). The van der Waals surface area contributed by atoms with Gasteiger partial charge in [-0.15, -0.1) is 0 Å². The first-order valence-electron chi connectivity index (χ1n) is 5.89. The van der Waals surface area contributed by atoms with Crippen LogP contribution in [-0.4, -0.2) is 24.9 Å². The lowest BCUT2D eigenvalue weighted by Crippen LogP contribution is -2.30. The normalized spacial score (nSPS) is 12.0. The minimum Gasteiger partial charge on any atom is -0.309 e. The van der Waals surface area contributed by atoms with Crippen molar-refractivity contribution in [3.63, 3.8) is 0 Å². The van der Waals surface area contributed by atoms with Crippen LogP contribution in [0.15, 0.2) is 15.9 Å². The Kier molecular flexibility index (Phi) is 2.92. The monoisotopic (exact) mass is 264 g/mol. The highest BCUT2D eigenvalue weighted by Gasteiger charge is 2.23. The Morgan fingerprint density at radius 2 is 2.00 bits per heavy atom. The molecule has 7 heteroatoms. The Labute approximate surface area is 108 Å². The molecule has 0 aliphatic rings. The average molecular weight is 264 g/mol. The zero-order valence-corrected chi connectivity index (χ0v) is 11.4. The highest BCUT2D eigenvalue weighted by molar-refractivity contribution is 5.84. The number of aromatic amines is 1. The van der Waals surface area contributed by atoms with Crippen molar-refractivity contribution in [2.75, 3.05) is 0 Å². The average Bonchev–Trinajstić information content (AvgIpc) is 2.69. The zero-order valence-electron chi connectivity index (χ0n) is 11.4. The molecule has 1 N–H and O–H groups in total. The number of hydrogen-bond acceptors (Lipinski definition) is 4. The number of imidazole rings is 1. The largest absolute Gasteiger partial charge is 0.329 e. The fraction of sp³-hybridized carbons (Fsp3) is 0.500. The van der Waals surface area contributed by atoms with Crippen LogP contribution in [0, 0.1) is 5.41 Å². The maximum absolute atomic E-state index is 12.0. The van der Waals surface area contributed by atoms with Crippen LogP contribution in [0.25, 0.3) is 11.2 Å². The highest BCUT2D eigenvalue weighted by Crippen LogP contribution is 2.17. The van der Waals surface area contributed by atoms with E-state index in [1.807, 2.05) is 20.8 Å². The number of carbonyl (C=O) groups excluding carboxylic acids is 1. The minimum absolute atomic E-state index is 0.000435. The standard InChI is InChI=1S/C12H16N4O3/c1-12(2,3)7(17)5-16-6-13-8-9(18)14-11(19)15(4)10(8)16/h6H,5H2,1-4H3,(H,14,18,19). The van der Waals surface area contributed by atoms with Gasteiger partial charge < -0.3 is 4.57 Å². The Morgan fingerprint density at radius 3 is 2.58 bits per heavy atom. The first kappa shape index (κ1) is 13.3. The molecule has 0 aliphatic carbocycles. The van der Waals surface area contributed by atoms with Gasteiger partial charge in [-0.1, -0.05) is 20.8 Å². The molecule has 0 aromatic carbocycles. The topological polar surface area (TPSA) is 89.8 Å². The van der Waals surface area contributed by atoms with Crippen molar-refractivity contribution < 1.29 is 4.79 Å². The molecular formula is C12H16N4O3. The van der Waals surface area contributed by atoms with E-state index >= 15 is 0 Å². The summed E-state index contributed by atoms with van der Waals surface area (Å²) in [6.45, 7) is 5.54. The van der Waals surface area contributed by atoms with E-state index in [-0.39, 0.29) is 17.8 Å². The fourth-order valence-electron chi connectivity index (χ4n) is 1.73. The lowest BCUT2D eigenvalue weighted by Gasteiger charge is -2.17. The van der Waals surface area contributed by atoms with Crippen LogP contribution in [0.4, 0.5) is 0 Å². The minimum atomic E-state index is -0.542. The van der Waals surface area contributed by atoms with Gasteiger partial charge in [-0.25, -0.2) is 9.78 Å². The van der Waals surface area contributed by atoms with Crippen LogP contribution in [0.2, 0.25) is 0 Å². The summed E-state index contributed by atoms with van der Waals surface area (Å²) in [6.07, 6.45) is 1.41. The fourth-order valence-corrected chi connectivity index (χ4v) is 1.73. The van der Waals surface area contributed by atoms with E-state index in [4.69, 9.17) is 0 Å². The van der Waals surface area contributed by atoms with E-state index in [9.17, 15) is 14.4 Å². The van der Waals surface area contributed by atoms with Crippen molar-refractivity contribution in [3.8, 4) is 0 Å². The number of aryl methyl sites for hydroxylation is 1. The summed E-state index contributed by atoms with van der Waals surface area (Å²) in [5, 5.41) is 0. The van der Waals surface area contributed by atoms with Crippen molar-refractivity contribution in [2.24, 2.45) is 12.5 Å². The van der Waals surface area contributed by atoms with Crippen molar-refractivity contribution in [1.82, 2.24) is 19.1 Å². The number of ketones is 1. The summed E-state index contributed by atoms with van der Waals surface area (Å²) in [7, 11) is 1.53. The predicted molar refractivity (Wildman–Crippen MR) is 70.1 cm³/mol. The predicted octanol–water partition coefficient (Wildman–Crippen LogP) is 0.0385. The molecule has 0 fully saturated rings. The maximum Gasteiger partial charge on any atom is 0.329 e. The lowest BCUT2D eigenvalue weighted by atomic mass is 9.91. The molecular weight excluding hydrogens is 248 g/mol. The first-order chi connectivity index (χ1) is 8.71. The van der Waals surface area contributed by atoms with E-state index < -0.39 is 16.7 Å². The van der Waals surface area contributed by atoms with Gasteiger partial charge in [0.25, 0.3) is 5.56 Å². The molecule has 0 radical (unpaired) electrons. The second-order valence-electron chi connectivity index (χ2n) is 5.54. The van der Waals surface area contributed by atoms with Gasteiger partial charge in [0.15, 0.2) is 11.3 Å². The van der Waals surface area contributed by atoms with Crippen LogP contribution >= 0.6 is 0 Å². The molecule has 0 amide bonds. The molecule has 0 aliphatic heterocycles. The Bertz CT molecular complexity index is 758. The van der Waals surface area contributed by atoms with Gasteiger partial charge in [0.2, 0.25) is 0 Å². The summed E-state index contributed by atoms with van der Waals surface area (Å²) < 4.78 is 2.80. The van der Waals surface area contributed by atoms with Crippen molar-refractivity contribution >= 4 is 16.9 Å². The van der Waals surface area contributed by atoms with Crippen LogP contribution in [0.3, 0.4) is 0 Å². The van der Waals surface area contributed by atoms with Gasteiger partial charge in [0.05, 0.1) is 12.9 Å². The number of rotatable bonds is 2. The summed E-state index contributed by atoms with van der Waals surface area (Å²) in [5.41, 5.74) is -1.05. The van der Waals surface area contributed by atoms with Crippen molar-refractivity contribution in [3.05, 3.63) is 27.2 Å². The van der Waals surface area contributed by atoms with Crippen molar-refractivity contribution in [2.45, 2.75) is 27.3 Å². The Morgan fingerprint density at radius 1 is 1.37 bits per heavy atom. The van der Waals surface area contributed by atoms with Gasteiger partial charge in [-0.3, -0.25) is 19.1 Å². The number of nitrogens with one attached hydrogen (secondary N) is 1. The first-order valence-corrected chi connectivity index (χ1v) is 5.89. The van der Waals surface area contributed by atoms with E-state index in [1.54, 1.807) is 0 Å². The summed E-state index contributed by atoms with van der Waals surface area (Å²) in [5.74, 6) is -0.000435. The molecule has 2 aromatic heterocycles. The molecule has 2 aromatic rings. The SMILES string of the molecule is Cn1c(=O)[nH]c(=O)c2ncn(CC(=O)C(C)(C)C)c21. The number of nitrogens with zero attached hydrogens (tertiary/aromatic N) is 3. The number of carbonyl (C=O) groups is 1. The van der Waals surface area contributed by atoms with Crippen LogP contribution < -0.4 is 11.2 Å². The molecule has 102 valence electrons. The second kappa shape index (κ2) is 4.18. The molecule has 2 heterocycles. The van der Waals surface area contributed by atoms with Crippen LogP contribution in [0.1, 0.15) is 20.8 Å². The van der Waals surface area contributed by atoms with Gasteiger partial charge >= 0.3 is 5.69 Å². The number of aromatic nitrogens is 4. The van der Waals surface area contributed by atoms with Gasteiger partial charge in [-0.05, 0) is 0 Å². The van der Waals surface area contributed by atoms with Gasteiger partial charge in [-0.2, -0.15) is 0 Å². The molecule has 0 saturated carbocycles. The smallest absolute Gasteiger partial charge is 0.309 e. The van der Waals surface area contributed by atoms with E-state index in [0.29, 0.717) is 5.65 Å². The molecule has 0 saturated heterocycles. The molecule has 0 spiro atoms. The molecule has 7 nitrogen and oxygen atoms in total.